The van der Waals surface area contributed by atoms with E-state index >= 15 is 0 Å². The van der Waals surface area contributed by atoms with Crippen LogP contribution in [0, 0.1) is 13.8 Å². The fraction of sp³-hybridized carbons (Fsp3) is 0.467. The summed E-state index contributed by atoms with van der Waals surface area (Å²) in [5.41, 5.74) is 1.78. The Morgan fingerprint density at radius 2 is 1.90 bits per heavy atom. The van der Waals surface area contributed by atoms with Gasteiger partial charge in [0, 0.05) is 18.0 Å². The van der Waals surface area contributed by atoms with Gasteiger partial charge in [-0.1, -0.05) is 11.6 Å². The van der Waals surface area contributed by atoms with Gasteiger partial charge in [0.05, 0.1) is 0 Å². The summed E-state index contributed by atoms with van der Waals surface area (Å²) in [6, 6.07) is 3.56. The Morgan fingerprint density at radius 3 is 2.43 bits per heavy atom. The monoisotopic (exact) mass is 313 g/mol. The van der Waals surface area contributed by atoms with Crippen LogP contribution in [0.1, 0.15) is 30.9 Å². The molecule has 0 radical (unpaired) electrons. The molecule has 0 fully saturated rings. The van der Waals surface area contributed by atoms with Gasteiger partial charge < -0.3 is 15.2 Å². The van der Waals surface area contributed by atoms with Crippen molar-refractivity contribution in [3.05, 3.63) is 28.3 Å². The number of carbonyl (C=O) groups is 2. The maximum Gasteiger partial charge on any atom is 0.303 e. The predicted molar refractivity (Wildman–Crippen MR) is 80.9 cm³/mol. The molecule has 5 nitrogen and oxygen atoms in total. The molecule has 1 aromatic rings. The molecule has 1 atom stereocenters. The first-order valence-electron chi connectivity index (χ1n) is 6.74. The summed E-state index contributed by atoms with van der Waals surface area (Å²) in [5.74, 6) is -0.561. The summed E-state index contributed by atoms with van der Waals surface area (Å²) in [5, 5.41) is 11.8. The molecule has 0 aliphatic heterocycles. The molecule has 0 aromatic heterocycles. The Hall–Kier alpha value is -1.75. The van der Waals surface area contributed by atoms with Crippen LogP contribution in [-0.2, 0) is 9.59 Å². The van der Waals surface area contributed by atoms with E-state index in [2.05, 4.69) is 5.32 Å². The van der Waals surface area contributed by atoms with Crippen molar-refractivity contribution in [3.63, 3.8) is 0 Å². The van der Waals surface area contributed by atoms with Crippen LogP contribution in [-0.4, -0.2) is 29.6 Å². The molecule has 6 heteroatoms. The van der Waals surface area contributed by atoms with E-state index in [0.29, 0.717) is 23.7 Å². The quantitative estimate of drug-likeness (QED) is 0.759. The zero-order valence-corrected chi connectivity index (χ0v) is 13.2. The molecule has 1 amide bonds. The topological polar surface area (TPSA) is 75.6 Å². The molecule has 1 rings (SSSR count). The number of nitrogens with one attached hydrogen (secondary N) is 1. The SMILES string of the molecule is Cc1cc(OC(C)C(=O)NCCCC(=O)O)cc(C)c1Cl. The molecule has 0 spiro atoms. The van der Waals surface area contributed by atoms with Crippen molar-refractivity contribution in [2.45, 2.75) is 39.7 Å². The molecule has 2 N–H and O–H groups in total. The maximum absolute atomic E-state index is 11.8. The van der Waals surface area contributed by atoms with Gasteiger partial charge in [0.25, 0.3) is 5.91 Å². The molecule has 1 unspecified atom stereocenters. The molecule has 1 aromatic carbocycles. The number of aryl methyl sites for hydroxylation is 2. The normalized spacial score (nSPS) is 11.8. The highest BCUT2D eigenvalue weighted by Gasteiger charge is 2.15. The van der Waals surface area contributed by atoms with Crippen molar-refractivity contribution in [2.24, 2.45) is 0 Å². The average Bonchev–Trinajstić information content (AvgIpc) is 2.40. The van der Waals surface area contributed by atoms with Gasteiger partial charge in [-0.2, -0.15) is 0 Å². The lowest BCUT2D eigenvalue weighted by molar-refractivity contribution is -0.137. The number of benzene rings is 1. The van der Waals surface area contributed by atoms with Crippen molar-refractivity contribution >= 4 is 23.5 Å². The zero-order valence-electron chi connectivity index (χ0n) is 12.4. The Kier molecular flexibility index (Phi) is 6.49. The maximum atomic E-state index is 11.8. The van der Waals surface area contributed by atoms with E-state index in [0.717, 1.165) is 11.1 Å². The summed E-state index contributed by atoms with van der Waals surface area (Å²) in [6.07, 6.45) is -0.229. The second-order valence-corrected chi connectivity index (χ2v) is 5.30. The Bertz CT molecular complexity index is 507. The minimum atomic E-state index is -0.874. The van der Waals surface area contributed by atoms with Gasteiger partial charge in [0.2, 0.25) is 0 Å². The minimum absolute atomic E-state index is 0.0328. The fourth-order valence-electron chi connectivity index (χ4n) is 1.83. The van der Waals surface area contributed by atoms with Crippen LogP contribution in [0.4, 0.5) is 0 Å². The second kappa shape index (κ2) is 7.88. The average molecular weight is 314 g/mol. The van der Waals surface area contributed by atoms with Crippen LogP contribution in [0.15, 0.2) is 12.1 Å². The number of hydrogen-bond acceptors (Lipinski definition) is 3. The van der Waals surface area contributed by atoms with Crippen LogP contribution in [0.5, 0.6) is 5.75 Å². The smallest absolute Gasteiger partial charge is 0.303 e. The van der Waals surface area contributed by atoms with Crippen LogP contribution in [0.25, 0.3) is 0 Å². The third-order valence-electron chi connectivity index (χ3n) is 2.96. The summed E-state index contributed by atoms with van der Waals surface area (Å²) in [4.78, 5) is 22.2. The van der Waals surface area contributed by atoms with Gasteiger partial charge in [0.15, 0.2) is 6.10 Å². The minimum Gasteiger partial charge on any atom is -0.481 e. The molecule has 21 heavy (non-hydrogen) atoms. The Labute approximate surface area is 129 Å². The molecular formula is C15H20ClNO4. The number of carboxylic acid groups (broad SMARTS) is 1. The lowest BCUT2D eigenvalue weighted by Crippen LogP contribution is -2.37. The lowest BCUT2D eigenvalue weighted by atomic mass is 10.1. The first kappa shape index (κ1) is 17.3. The molecular weight excluding hydrogens is 294 g/mol. The number of carbonyl (C=O) groups excluding carboxylic acids is 1. The van der Waals surface area contributed by atoms with E-state index in [1.165, 1.54) is 0 Å². The van der Waals surface area contributed by atoms with E-state index in [1.54, 1.807) is 19.1 Å². The van der Waals surface area contributed by atoms with Gasteiger partial charge in [-0.25, -0.2) is 0 Å². The van der Waals surface area contributed by atoms with Gasteiger partial charge in [-0.05, 0) is 50.5 Å². The van der Waals surface area contributed by atoms with Crippen LogP contribution < -0.4 is 10.1 Å². The standard InChI is InChI=1S/C15H20ClNO4/c1-9-7-12(8-10(2)14(9)16)21-11(3)15(20)17-6-4-5-13(18)19/h7-8,11H,4-6H2,1-3H3,(H,17,20)(H,18,19). The number of ether oxygens (including phenoxy) is 1. The lowest BCUT2D eigenvalue weighted by Gasteiger charge is -2.16. The Balaban J connectivity index is 2.50. The summed E-state index contributed by atoms with van der Waals surface area (Å²) in [6.45, 7) is 5.71. The summed E-state index contributed by atoms with van der Waals surface area (Å²) in [7, 11) is 0. The van der Waals surface area contributed by atoms with Gasteiger partial charge >= 0.3 is 5.97 Å². The number of amides is 1. The molecule has 0 saturated carbocycles. The van der Waals surface area contributed by atoms with Crippen LogP contribution in [0.2, 0.25) is 5.02 Å². The third kappa shape index (κ3) is 5.63. The third-order valence-corrected chi connectivity index (χ3v) is 3.55. The highest BCUT2D eigenvalue weighted by atomic mass is 35.5. The number of hydrogen-bond donors (Lipinski definition) is 2. The highest BCUT2D eigenvalue weighted by Crippen LogP contribution is 2.26. The summed E-state index contributed by atoms with van der Waals surface area (Å²) >= 11 is 6.08. The van der Waals surface area contributed by atoms with Gasteiger partial charge in [-0.3, -0.25) is 9.59 Å². The van der Waals surface area contributed by atoms with Gasteiger partial charge in [-0.15, -0.1) is 0 Å². The second-order valence-electron chi connectivity index (χ2n) is 4.92. The number of aliphatic carboxylic acids is 1. The van der Waals surface area contributed by atoms with Crippen molar-refractivity contribution in [1.29, 1.82) is 0 Å². The van der Waals surface area contributed by atoms with E-state index in [-0.39, 0.29) is 12.3 Å². The van der Waals surface area contributed by atoms with Gasteiger partial charge in [0.1, 0.15) is 5.75 Å². The molecule has 0 aliphatic rings. The first-order valence-corrected chi connectivity index (χ1v) is 7.12. The molecule has 0 saturated heterocycles. The molecule has 116 valence electrons. The Morgan fingerprint density at radius 1 is 1.33 bits per heavy atom. The van der Waals surface area contributed by atoms with Crippen LogP contribution in [0.3, 0.4) is 0 Å². The number of halogens is 1. The van der Waals surface area contributed by atoms with Crippen molar-refractivity contribution in [1.82, 2.24) is 5.32 Å². The number of rotatable bonds is 7. The zero-order chi connectivity index (χ0) is 16.0. The van der Waals surface area contributed by atoms with Crippen molar-refractivity contribution in [2.75, 3.05) is 6.54 Å². The fourth-order valence-corrected chi connectivity index (χ4v) is 1.94. The van der Waals surface area contributed by atoms with Crippen molar-refractivity contribution in [3.8, 4) is 5.75 Å². The van der Waals surface area contributed by atoms with Crippen LogP contribution >= 0.6 is 11.6 Å². The molecule has 0 bridgehead atoms. The molecule has 0 aliphatic carbocycles. The highest BCUT2D eigenvalue weighted by molar-refractivity contribution is 6.32. The largest absolute Gasteiger partial charge is 0.481 e. The molecule has 0 heterocycles. The van der Waals surface area contributed by atoms with E-state index < -0.39 is 12.1 Å². The van der Waals surface area contributed by atoms with Crippen molar-refractivity contribution < 1.29 is 19.4 Å². The van der Waals surface area contributed by atoms with E-state index in [1.807, 2.05) is 13.8 Å². The number of carboxylic acids is 1. The first-order chi connectivity index (χ1) is 9.81. The predicted octanol–water partition coefficient (Wildman–Crippen LogP) is 2.71. The summed E-state index contributed by atoms with van der Waals surface area (Å²) < 4.78 is 5.58. The van der Waals surface area contributed by atoms with E-state index in [9.17, 15) is 9.59 Å². The van der Waals surface area contributed by atoms with E-state index in [4.69, 9.17) is 21.4 Å².